The van der Waals surface area contributed by atoms with Crippen LogP contribution in [0.3, 0.4) is 0 Å². The maximum atomic E-state index is 11.7. The van der Waals surface area contributed by atoms with Crippen molar-refractivity contribution in [2.75, 3.05) is 24.6 Å². The fourth-order valence-corrected chi connectivity index (χ4v) is 6.60. The van der Waals surface area contributed by atoms with Crippen molar-refractivity contribution in [2.24, 2.45) is 4.99 Å². The molecule has 0 spiro atoms. The van der Waals surface area contributed by atoms with Crippen LogP contribution in [0.4, 0.5) is 0 Å². The van der Waals surface area contributed by atoms with Crippen molar-refractivity contribution in [2.45, 2.75) is 56.9 Å². The van der Waals surface area contributed by atoms with Gasteiger partial charge in [-0.3, -0.25) is 4.99 Å². The highest BCUT2D eigenvalue weighted by atomic mass is 127. The molecule has 1 saturated carbocycles. The van der Waals surface area contributed by atoms with E-state index >= 15 is 0 Å². The van der Waals surface area contributed by atoms with Gasteiger partial charge < -0.3 is 10.6 Å². The monoisotopic (exact) mass is 511 g/mol. The molecule has 148 valence electrons. The minimum Gasteiger partial charge on any atom is -0.357 e. The molecule has 1 aliphatic carbocycles. The predicted octanol–water partition coefficient (Wildman–Crippen LogP) is 3.31. The van der Waals surface area contributed by atoms with Crippen molar-refractivity contribution < 1.29 is 8.42 Å². The van der Waals surface area contributed by atoms with E-state index in [9.17, 15) is 8.42 Å². The highest BCUT2D eigenvalue weighted by Gasteiger charge is 2.35. The number of hydrogen-bond acceptors (Lipinski definition) is 4. The number of sulfone groups is 1. The lowest BCUT2D eigenvalue weighted by Gasteiger charge is -2.35. The maximum absolute atomic E-state index is 11.7. The van der Waals surface area contributed by atoms with E-state index in [1.54, 1.807) is 0 Å². The van der Waals surface area contributed by atoms with Crippen LogP contribution in [0, 0.1) is 0 Å². The summed E-state index contributed by atoms with van der Waals surface area (Å²) < 4.78 is 23.4. The smallest absolute Gasteiger partial charge is 0.191 e. The molecule has 1 aromatic heterocycles. The SMILES string of the molecule is CCNC(=NCC1(c2cccs2)CCCCC1)NC1CCS(=O)(=O)C1.I. The summed E-state index contributed by atoms with van der Waals surface area (Å²) >= 11 is 1.84. The average Bonchev–Trinajstić information content (AvgIpc) is 3.24. The average molecular weight is 511 g/mol. The van der Waals surface area contributed by atoms with Crippen LogP contribution in [-0.4, -0.2) is 45.0 Å². The Balaban J connectivity index is 0.00000243. The third-order valence-corrected chi connectivity index (χ3v) is 8.20. The summed E-state index contributed by atoms with van der Waals surface area (Å²) in [6.07, 6.45) is 6.89. The molecule has 2 heterocycles. The number of aliphatic imine (C=N–C) groups is 1. The third kappa shape index (κ3) is 5.58. The van der Waals surface area contributed by atoms with Gasteiger partial charge in [-0.15, -0.1) is 35.3 Å². The molecule has 26 heavy (non-hydrogen) atoms. The second kappa shape index (κ2) is 9.73. The van der Waals surface area contributed by atoms with E-state index in [0.29, 0.717) is 6.42 Å². The topological polar surface area (TPSA) is 70.6 Å². The first-order valence-corrected chi connectivity index (χ1v) is 12.0. The first kappa shape index (κ1) is 21.9. The van der Waals surface area contributed by atoms with Gasteiger partial charge in [-0.05, 0) is 37.6 Å². The quantitative estimate of drug-likeness (QED) is 0.362. The molecule has 0 radical (unpaired) electrons. The maximum Gasteiger partial charge on any atom is 0.191 e. The Morgan fingerprint density at radius 2 is 2.12 bits per heavy atom. The molecular weight excluding hydrogens is 481 g/mol. The van der Waals surface area contributed by atoms with Gasteiger partial charge in [-0.1, -0.05) is 25.3 Å². The number of thiophene rings is 1. The second-order valence-corrected chi connectivity index (χ2v) is 10.4. The van der Waals surface area contributed by atoms with E-state index < -0.39 is 9.84 Å². The van der Waals surface area contributed by atoms with Crippen LogP contribution in [0.15, 0.2) is 22.5 Å². The van der Waals surface area contributed by atoms with E-state index in [1.165, 1.54) is 37.0 Å². The molecule has 1 saturated heterocycles. The van der Waals surface area contributed by atoms with Gasteiger partial charge in [0.25, 0.3) is 0 Å². The van der Waals surface area contributed by atoms with Crippen LogP contribution >= 0.6 is 35.3 Å². The zero-order valence-corrected chi connectivity index (χ0v) is 19.3. The Morgan fingerprint density at radius 1 is 1.35 bits per heavy atom. The Hall–Kier alpha value is -0.350. The minimum atomic E-state index is -2.88. The van der Waals surface area contributed by atoms with Gasteiger partial charge in [0.2, 0.25) is 0 Å². The first-order chi connectivity index (χ1) is 12.0. The van der Waals surface area contributed by atoms with Crippen LogP contribution in [0.5, 0.6) is 0 Å². The highest BCUT2D eigenvalue weighted by Crippen LogP contribution is 2.41. The molecule has 0 amide bonds. The van der Waals surface area contributed by atoms with Gasteiger partial charge in [-0.25, -0.2) is 8.42 Å². The van der Waals surface area contributed by atoms with Crippen LogP contribution in [-0.2, 0) is 15.3 Å². The molecule has 2 N–H and O–H groups in total. The molecule has 8 heteroatoms. The van der Waals surface area contributed by atoms with Gasteiger partial charge in [-0.2, -0.15) is 0 Å². The number of halogens is 1. The molecule has 5 nitrogen and oxygen atoms in total. The van der Waals surface area contributed by atoms with Crippen LogP contribution in [0.1, 0.15) is 50.3 Å². The third-order valence-electron chi connectivity index (χ3n) is 5.31. The molecule has 1 atom stereocenters. The van der Waals surface area contributed by atoms with Gasteiger partial charge >= 0.3 is 0 Å². The zero-order chi connectivity index (χ0) is 17.8. The summed E-state index contributed by atoms with van der Waals surface area (Å²) in [6, 6.07) is 4.36. The molecule has 1 aliphatic heterocycles. The number of nitrogens with one attached hydrogen (secondary N) is 2. The summed E-state index contributed by atoms with van der Waals surface area (Å²) in [4.78, 5) is 6.32. The van der Waals surface area contributed by atoms with Gasteiger partial charge in [0.15, 0.2) is 15.8 Å². The van der Waals surface area contributed by atoms with Crippen molar-refractivity contribution in [1.29, 1.82) is 0 Å². The molecule has 0 bridgehead atoms. The van der Waals surface area contributed by atoms with Crippen LogP contribution < -0.4 is 10.6 Å². The Labute approximate surface area is 178 Å². The van der Waals surface area contributed by atoms with Gasteiger partial charge in [0, 0.05) is 22.9 Å². The Kier molecular flexibility index (Phi) is 8.21. The van der Waals surface area contributed by atoms with E-state index in [-0.39, 0.29) is 46.9 Å². The summed E-state index contributed by atoms with van der Waals surface area (Å²) in [5.74, 6) is 1.25. The van der Waals surface area contributed by atoms with Crippen LogP contribution in [0.25, 0.3) is 0 Å². The lowest BCUT2D eigenvalue weighted by molar-refractivity contribution is 0.306. The number of guanidine groups is 1. The fourth-order valence-electron chi connectivity index (χ4n) is 3.94. The van der Waals surface area contributed by atoms with E-state index in [1.807, 2.05) is 18.3 Å². The van der Waals surface area contributed by atoms with Gasteiger partial charge in [0.1, 0.15) is 0 Å². The molecule has 2 fully saturated rings. The largest absolute Gasteiger partial charge is 0.357 e. The lowest BCUT2D eigenvalue weighted by atomic mass is 9.73. The van der Waals surface area contributed by atoms with Crippen molar-refractivity contribution in [3.63, 3.8) is 0 Å². The summed E-state index contributed by atoms with van der Waals surface area (Å²) in [7, 11) is -2.88. The van der Waals surface area contributed by atoms with E-state index in [4.69, 9.17) is 4.99 Å². The minimum absolute atomic E-state index is 0. The molecule has 1 aromatic rings. The van der Waals surface area contributed by atoms with Crippen molar-refractivity contribution in [3.8, 4) is 0 Å². The Morgan fingerprint density at radius 3 is 2.69 bits per heavy atom. The standard InChI is InChI=1S/C18H29N3O2S2.HI/c1-2-19-17(21-15-8-12-25(22,23)13-15)20-14-18(9-4-3-5-10-18)16-7-6-11-24-16;/h6-7,11,15H,2-5,8-10,12-14H2,1H3,(H2,19,20,21);1H. The second-order valence-electron chi connectivity index (χ2n) is 7.26. The summed E-state index contributed by atoms with van der Waals surface area (Å²) in [5, 5.41) is 8.78. The van der Waals surface area contributed by atoms with E-state index in [2.05, 4.69) is 28.1 Å². The van der Waals surface area contributed by atoms with E-state index in [0.717, 1.165) is 19.0 Å². The molecule has 3 rings (SSSR count). The number of nitrogens with zero attached hydrogens (tertiary/aromatic N) is 1. The molecule has 1 unspecified atom stereocenters. The van der Waals surface area contributed by atoms with Crippen molar-refractivity contribution in [1.82, 2.24) is 10.6 Å². The zero-order valence-electron chi connectivity index (χ0n) is 15.4. The summed E-state index contributed by atoms with van der Waals surface area (Å²) in [5.41, 5.74) is 0.149. The Bertz CT molecular complexity index is 683. The van der Waals surface area contributed by atoms with Crippen LogP contribution in [0.2, 0.25) is 0 Å². The number of rotatable bonds is 5. The molecule has 2 aliphatic rings. The van der Waals surface area contributed by atoms with Crippen molar-refractivity contribution >= 4 is 51.1 Å². The van der Waals surface area contributed by atoms with Crippen molar-refractivity contribution in [3.05, 3.63) is 22.4 Å². The predicted molar refractivity (Wildman–Crippen MR) is 121 cm³/mol. The lowest BCUT2D eigenvalue weighted by Crippen LogP contribution is -2.45. The fraction of sp³-hybridized carbons (Fsp3) is 0.722. The van der Waals surface area contributed by atoms with Gasteiger partial charge in [0.05, 0.1) is 18.1 Å². The summed E-state index contributed by atoms with van der Waals surface area (Å²) in [6.45, 7) is 3.58. The highest BCUT2D eigenvalue weighted by molar-refractivity contribution is 14.0. The normalized spacial score (nSPS) is 24.7. The first-order valence-electron chi connectivity index (χ1n) is 9.32. The molecule has 0 aromatic carbocycles. The molecular formula is C18H30IN3O2S2. The number of hydrogen-bond donors (Lipinski definition) is 2.